The molecular formula is C30H63NO7P+. The Morgan fingerprint density at radius 2 is 1.15 bits per heavy atom. The summed E-state index contributed by atoms with van der Waals surface area (Å²) in [6.45, 7) is 5.10. The van der Waals surface area contributed by atoms with Gasteiger partial charge in [-0.25, -0.2) is 4.57 Å². The molecule has 0 saturated carbocycles. The van der Waals surface area contributed by atoms with Crippen molar-refractivity contribution in [2.45, 2.75) is 136 Å². The Labute approximate surface area is 240 Å². The highest BCUT2D eigenvalue weighted by atomic mass is 31.2. The normalized spacial score (nSPS) is 14.3. The summed E-state index contributed by atoms with van der Waals surface area (Å²) in [4.78, 5) is 21.3. The van der Waals surface area contributed by atoms with Gasteiger partial charge in [-0.3, -0.25) is 13.8 Å². The molecule has 0 aromatic carbocycles. The third-order valence-corrected chi connectivity index (χ3v) is 7.66. The molecule has 8 nitrogen and oxygen atoms in total. The number of hydrogen-bond acceptors (Lipinski definition) is 6. The maximum atomic E-state index is 12.1. The van der Waals surface area contributed by atoms with Crippen LogP contribution in [-0.2, 0) is 27.9 Å². The summed E-state index contributed by atoms with van der Waals surface area (Å²) in [5, 5.41) is 0. The number of quaternary nitrogens is 1. The van der Waals surface area contributed by atoms with Crippen molar-refractivity contribution in [3.05, 3.63) is 0 Å². The van der Waals surface area contributed by atoms with E-state index in [4.69, 9.17) is 18.5 Å². The molecule has 2 unspecified atom stereocenters. The number of rotatable bonds is 29. The fourth-order valence-electron chi connectivity index (χ4n) is 4.40. The van der Waals surface area contributed by atoms with Gasteiger partial charge in [0.1, 0.15) is 6.10 Å². The second-order valence-electron chi connectivity index (χ2n) is 11.9. The summed E-state index contributed by atoms with van der Waals surface area (Å²) in [7, 11) is 2.09. The summed E-state index contributed by atoms with van der Waals surface area (Å²) in [5.41, 5.74) is 0. The van der Waals surface area contributed by atoms with E-state index in [0.717, 1.165) is 30.3 Å². The topological polar surface area (TPSA) is 91.3 Å². The molecule has 0 bridgehead atoms. The van der Waals surface area contributed by atoms with Crippen molar-refractivity contribution >= 4 is 13.8 Å². The molecule has 0 radical (unpaired) electrons. The first-order valence-electron chi connectivity index (χ1n) is 15.7. The second kappa shape index (κ2) is 25.2. The summed E-state index contributed by atoms with van der Waals surface area (Å²) in [5.74, 6) is -0.483. The number of unbranched alkanes of at least 4 members (excludes halogenated alkanes) is 16. The predicted octanol–water partition coefficient (Wildman–Crippen LogP) is 7.82. The van der Waals surface area contributed by atoms with Crippen molar-refractivity contribution in [3.8, 4) is 0 Å². The van der Waals surface area contributed by atoms with Gasteiger partial charge in [0.05, 0.1) is 47.5 Å². The highest BCUT2D eigenvalue weighted by Crippen LogP contribution is 2.43. The van der Waals surface area contributed by atoms with E-state index in [1.165, 1.54) is 96.8 Å². The van der Waals surface area contributed by atoms with Gasteiger partial charge >= 0.3 is 13.8 Å². The molecule has 0 aromatic rings. The van der Waals surface area contributed by atoms with Crippen molar-refractivity contribution in [1.82, 2.24) is 0 Å². The number of carbonyl (C=O) groups excluding carboxylic acids is 1. The van der Waals surface area contributed by atoms with Crippen LogP contribution >= 0.6 is 7.82 Å². The van der Waals surface area contributed by atoms with Crippen LogP contribution in [0.1, 0.15) is 129 Å². The van der Waals surface area contributed by atoms with E-state index in [2.05, 4.69) is 28.1 Å². The summed E-state index contributed by atoms with van der Waals surface area (Å²) >= 11 is 0. The fraction of sp³-hybridized carbons (Fsp3) is 0.967. The zero-order chi connectivity index (χ0) is 29.2. The minimum Gasteiger partial charge on any atom is -0.458 e. The first kappa shape index (κ1) is 38.5. The molecule has 0 rings (SSSR count). The van der Waals surface area contributed by atoms with Crippen LogP contribution in [0.5, 0.6) is 0 Å². The van der Waals surface area contributed by atoms with E-state index >= 15 is 0 Å². The highest BCUT2D eigenvalue weighted by Gasteiger charge is 2.24. The van der Waals surface area contributed by atoms with E-state index in [9.17, 15) is 14.3 Å². The van der Waals surface area contributed by atoms with E-state index in [0.29, 0.717) is 13.0 Å². The molecule has 39 heavy (non-hydrogen) atoms. The lowest BCUT2D eigenvalue weighted by atomic mass is 10.0. The van der Waals surface area contributed by atoms with Gasteiger partial charge in [-0.2, -0.15) is 0 Å². The zero-order valence-corrected chi connectivity index (χ0v) is 27.0. The van der Waals surface area contributed by atoms with Crippen LogP contribution in [0.25, 0.3) is 0 Å². The lowest BCUT2D eigenvalue weighted by Crippen LogP contribution is -2.35. The molecule has 0 aromatic heterocycles. The Morgan fingerprint density at radius 3 is 1.62 bits per heavy atom. The van der Waals surface area contributed by atoms with Gasteiger partial charge in [-0.1, -0.05) is 103 Å². The van der Waals surface area contributed by atoms with Crippen molar-refractivity contribution in [2.75, 3.05) is 54.1 Å². The van der Waals surface area contributed by atoms with Crippen LogP contribution < -0.4 is 0 Å². The SMILES string of the molecule is CCCCCCCCCCCCCCCCCCOCC(COP(=O)(O)OCCCC[N+](C)(C)C)OC(C)=O. The van der Waals surface area contributed by atoms with Crippen molar-refractivity contribution in [1.29, 1.82) is 0 Å². The van der Waals surface area contributed by atoms with Gasteiger partial charge < -0.3 is 18.9 Å². The Balaban J connectivity index is 3.73. The van der Waals surface area contributed by atoms with Gasteiger partial charge in [0.2, 0.25) is 0 Å². The Kier molecular flexibility index (Phi) is 24.9. The van der Waals surface area contributed by atoms with E-state index < -0.39 is 19.9 Å². The zero-order valence-electron chi connectivity index (χ0n) is 26.1. The number of ether oxygens (including phenoxy) is 2. The lowest BCUT2D eigenvalue weighted by Gasteiger charge is -2.23. The Hall–Kier alpha value is -0.500. The quantitative estimate of drug-likeness (QED) is 0.0417. The molecule has 0 fully saturated rings. The smallest absolute Gasteiger partial charge is 0.458 e. The monoisotopic (exact) mass is 580 g/mol. The molecule has 0 spiro atoms. The van der Waals surface area contributed by atoms with Crippen LogP contribution in [0.15, 0.2) is 0 Å². The molecule has 1 N–H and O–H groups in total. The molecule has 0 aliphatic heterocycles. The Bertz CT molecular complexity index is 613. The van der Waals surface area contributed by atoms with Crippen LogP contribution in [-0.4, -0.2) is 75.6 Å². The summed E-state index contributed by atoms with van der Waals surface area (Å²) in [6, 6.07) is 0. The third-order valence-electron chi connectivity index (χ3n) is 6.68. The minimum absolute atomic E-state index is 0.127. The van der Waals surface area contributed by atoms with Gasteiger partial charge in [-0.05, 0) is 19.3 Å². The van der Waals surface area contributed by atoms with Crippen LogP contribution in [0.3, 0.4) is 0 Å². The molecule has 0 amide bonds. The molecular weight excluding hydrogens is 517 g/mol. The molecule has 0 heterocycles. The summed E-state index contributed by atoms with van der Waals surface area (Å²) in [6.07, 6.45) is 21.9. The second-order valence-corrected chi connectivity index (χ2v) is 13.4. The Morgan fingerprint density at radius 1 is 0.692 bits per heavy atom. The maximum absolute atomic E-state index is 12.1. The number of carbonyl (C=O) groups is 1. The lowest BCUT2D eigenvalue weighted by molar-refractivity contribution is -0.870. The van der Waals surface area contributed by atoms with E-state index in [1.807, 2.05) is 0 Å². The van der Waals surface area contributed by atoms with Gasteiger partial charge in [0.15, 0.2) is 0 Å². The number of hydrogen-bond donors (Lipinski definition) is 1. The molecule has 2 atom stereocenters. The minimum atomic E-state index is -4.20. The highest BCUT2D eigenvalue weighted by molar-refractivity contribution is 7.47. The van der Waals surface area contributed by atoms with E-state index in [1.54, 1.807) is 0 Å². The number of phosphoric acid groups is 1. The first-order valence-corrected chi connectivity index (χ1v) is 17.2. The molecule has 0 aliphatic carbocycles. The van der Waals surface area contributed by atoms with Crippen LogP contribution in [0.2, 0.25) is 0 Å². The van der Waals surface area contributed by atoms with E-state index in [-0.39, 0.29) is 19.8 Å². The predicted molar refractivity (Wildman–Crippen MR) is 160 cm³/mol. The standard InChI is InChI=1S/C30H62NO7P/c1-6-7-8-9-10-11-12-13-14-15-16-17-18-19-20-22-25-35-27-30(38-29(2)32)28-37-39(33,34)36-26-23-21-24-31(3,4)5/h30H,6-28H2,1-5H3/p+1. The molecule has 234 valence electrons. The van der Waals surface area contributed by atoms with Gasteiger partial charge in [-0.15, -0.1) is 0 Å². The van der Waals surface area contributed by atoms with Gasteiger partial charge in [0, 0.05) is 13.5 Å². The van der Waals surface area contributed by atoms with Gasteiger partial charge in [0.25, 0.3) is 0 Å². The number of esters is 1. The third kappa shape index (κ3) is 30.3. The summed E-state index contributed by atoms with van der Waals surface area (Å²) < 4.78 is 33.9. The number of nitrogens with zero attached hydrogens (tertiary/aromatic N) is 1. The first-order chi connectivity index (χ1) is 18.6. The largest absolute Gasteiger partial charge is 0.472 e. The van der Waals surface area contributed by atoms with Crippen LogP contribution in [0.4, 0.5) is 0 Å². The maximum Gasteiger partial charge on any atom is 0.472 e. The van der Waals surface area contributed by atoms with Crippen molar-refractivity contribution in [2.24, 2.45) is 0 Å². The van der Waals surface area contributed by atoms with Crippen molar-refractivity contribution in [3.63, 3.8) is 0 Å². The number of phosphoric ester groups is 1. The average molecular weight is 581 g/mol. The molecule has 9 heteroatoms. The van der Waals surface area contributed by atoms with Crippen molar-refractivity contribution < 1.29 is 37.3 Å². The fourth-order valence-corrected chi connectivity index (χ4v) is 5.19. The average Bonchev–Trinajstić information content (AvgIpc) is 2.85. The molecule has 0 saturated heterocycles. The molecule has 0 aliphatic rings. The van der Waals surface area contributed by atoms with Crippen LogP contribution in [0, 0.1) is 0 Å².